The topological polar surface area (TPSA) is 47.6 Å². The first-order valence-electron chi connectivity index (χ1n) is 5.09. The average Bonchev–Trinajstić information content (AvgIpc) is 2.59. The lowest BCUT2D eigenvalue weighted by molar-refractivity contribution is -0.155. The fourth-order valence-corrected chi connectivity index (χ4v) is 1.74. The number of hydrogen-bond donors (Lipinski definition) is 1. The Kier molecular flexibility index (Phi) is 3.36. The third-order valence-electron chi connectivity index (χ3n) is 2.49. The van der Waals surface area contributed by atoms with E-state index >= 15 is 0 Å². The predicted octanol–water partition coefficient (Wildman–Crippen LogP) is 2.39. The molecule has 0 spiro atoms. The summed E-state index contributed by atoms with van der Waals surface area (Å²) >= 11 is 5.87. The lowest BCUT2D eigenvalue weighted by atomic mass is 10.2. The number of rotatable bonds is 3. The summed E-state index contributed by atoms with van der Waals surface area (Å²) in [6.07, 6.45) is -0.769. The van der Waals surface area contributed by atoms with E-state index in [1.807, 2.05) is 31.2 Å². The maximum atomic E-state index is 11.3. The van der Waals surface area contributed by atoms with Crippen molar-refractivity contribution in [1.29, 1.82) is 0 Å². The molecule has 0 radical (unpaired) electrons. The first-order valence-corrected chi connectivity index (χ1v) is 5.47. The van der Waals surface area contributed by atoms with Crippen LogP contribution in [0.4, 0.5) is 5.69 Å². The van der Waals surface area contributed by atoms with Gasteiger partial charge in [-0.15, -0.1) is 0 Å². The summed E-state index contributed by atoms with van der Waals surface area (Å²) in [5.74, 6) is -0.574. The van der Waals surface area contributed by atoms with Crippen LogP contribution >= 0.6 is 11.6 Å². The molecule has 0 aromatic heterocycles. The molecule has 1 aliphatic heterocycles. The fourth-order valence-electron chi connectivity index (χ4n) is 1.56. The number of carbonyl (C=O) groups is 1. The number of carbonyl (C=O) groups excluding carboxylic acids is 1. The normalized spacial score (nSPS) is 19.5. The van der Waals surface area contributed by atoms with Crippen molar-refractivity contribution < 1.29 is 14.3 Å². The van der Waals surface area contributed by atoms with Crippen LogP contribution in [0.5, 0.6) is 0 Å². The predicted molar refractivity (Wildman–Crippen MR) is 64.6 cm³/mol. The third kappa shape index (κ3) is 2.28. The van der Waals surface area contributed by atoms with Crippen LogP contribution in [0.15, 0.2) is 35.0 Å². The summed E-state index contributed by atoms with van der Waals surface area (Å²) < 4.78 is 9.95. The fraction of sp³-hybridized carbons (Fsp3) is 0.250. The van der Waals surface area contributed by atoms with Gasteiger partial charge in [-0.3, -0.25) is 0 Å². The number of methoxy groups -OCH3 is 1. The van der Waals surface area contributed by atoms with Gasteiger partial charge in [0.15, 0.2) is 5.03 Å². The molecule has 4 nitrogen and oxygen atoms in total. The van der Waals surface area contributed by atoms with Gasteiger partial charge in [-0.25, -0.2) is 4.79 Å². The van der Waals surface area contributed by atoms with Crippen LogP contribution in [0.2, 0.25) is 0 Å². The number of hydrogen-bond acceptors (Lipinski definition) is 4. The number of halogens is 1. The molecule has 2 rings (SSSR count). The maximum absolute atomic E-state index is 11.3. The molecule has 0 aliphatic carbocycles. The second-order valence-electron chi connectivity index (χ2n) is 3.64. The Bertz CT molecular complexity index is 484. The van der Waals surface area contributed by atoms with E-state index in [1.165, 1.54) is 7.11 Å². The molecular weight excluding hydrogens is 242 g/mol. The number of cyclic esters (lactones) is 1. The van der Waals surface area contributed by atoms with Gasteiger partial charge in [-0.2, -0.15) is 0 Å². The third-order valence-corrected chi connectivity index (χ3v) is 2.85. The molecule has 0 fully saturated rings. The minimum atomic E-state index is -0.769. The van der Waals surface area contributed by atoms with Crippen LogP contribution in [0.25, 0.3) is 0 Å². The maximum Gasteiger partial charge on any atom is 0.354 e. The number of esters is 1. The number of nitrogens with one attached hydrogen (secondary N) is 1. The molecule has 0 unspecified atom stereocenters. The first kappa shape index (κ1) is 12.0. The van der Waals surface area contributed by atoms with Gasteiger partial charge in [0, 0.05) is 12.8 Å². The average molecular weight is 254 g/mol. The first-order chi connectivity index (χ1) is 8.13. The zero-order chi connectivity index (χ0) is 12.4. The van der Waals surface area contributed by atoms with Crippen molar-refractivity contribution in [3.8, 4) is 0 Å². The highest BCUT2D eigenvalue weighted by Gasteiger charge is 2.33. The lowest BCUT2D eigenvalue weighted by Gasteiger charge is -2.15. The van der Waals surface area contributed by atoms with E-state index in [9.17, 15) is 4.79 Å². The lowest BCUT2D eigenvalue weighted by Crippen LogP contribution is -2.18. The Morgan fingerprint density at radius 3 is 2.76 bits per heavy atom. The Balaban J connectivity index is 2.29. The van der Waals surface area contributed by atoms with E-state index in [0.29, 0.717) is 5.70 Å². The van der Waals surface area contributed by atoms with Gasteiger partial charge in [0.25, 0.3) is 0 Å². The molecule has 0 saturated carbocycles. The van der Waals surface area contributed by atoms with Crippen LogP contribution < -0.4 is 5.32 Å². The molecule has 1 aromatic rings. The van der Waals surface area contributed by atoms with Gasteiger partial charge in [-0.05, 0) is 18.6 Å². The number of aryl methyl sites for hydroxylation is 1. The van der Waals surface area contributed by atoms with Crippen molar-refractivity contribution in [1.82, 2.24) is 0 Å². The summed E-state index contributed by atoms with van der Waals surface area (Å²) in [7, 11) is 1.45. The Labute approximate surface area is 104 Å². The van der Waals surface area contributed by atoms with Crippen LogP contribution in [-0.2, 0) is 14.3 Å². The van der Waals surface area contributed by atoms with Crippen LogP contribution in [0.1, 0.15) is 5.56 Å². The molecule has 1 heterocycles. The Morgan fingerprint density at radius 1 is 1.41 bits per heavy atom. The van der Waals surface area contributed by atoms with Gasteiger partial charge in [0.2, 0.25) is 6.29 Å². The monoisotopic (exact) mass is 253 g/mol. The van der Waals surface area contributed by atoms with E-state index in [4.69, 9.17) is 21.1 Å². The van der Waals surface area contributed by atoms with Crippen LogP contribution in [-0.4, -0.2) is 19.4 Å². The molecule has 90 valence electrons. The van der Waals surface area contributed by atoms with E-state index in [1.54, 1.807) is 0 Å². The smallest absolute Gasteiger partial charge is 0.354 e. The van der Waals surface area contributed by atoms with E-state index in [0.717, 1.165) is 11.3 Å². The highest BCUT2D eigenvalue weighted by molar-refractivity contribution is 6.42. The molecule has 0 bridgehead atoms. The molecule has 0 saturated heterocycles. The minimum Gasteiger partial charge on any atom is -0.425 e. The summed E-state index contributed by atoms with van der Waals surface area (Å²) in [5, 5.41) is 3.10. The van der Waals surface area contributed by atoms with Gasteiger partial charge < -0.3 is 14.8 Å². The highest BCUT2D eigenvalue weighted by Crippen LogP contribution is 2.28. The zero-order valence-corrected chi connectivity index (χ0v) is 10.2. The van der Waals surface area contributed by atoms with Crippen molar-refractivity contribution in [2.75, 3.05) is 12.4 Å². The van der Waals surface area contributed by atoms with Crippen LogP contribution in [0, 0.1) is 6.92 Å². The van der Waals surface area contributed by atoms with E-state index in [2.05, 4.69) is 5.32 Å². The van der Waals surface area contributed by atoms with Gasteiger partial charge in [-0.1, -0.05) is 29.8 Å². The standard InChI is InChI=1S/C12H12ClNO3/c1-7-5-3-4-6-8(7)14-10-9(13)11(15)17-12(10)16-2/h3-6,12,14H,1-2H3/t12-/m1/s1. The molecule has 5 heteroatoms. The molecular formula is C12H12ClNO3. The highest BCUT2D eigenvalue weighted by atomic mass is 35.5. The van der Waals surface area contributed by atoms with Crippen molar-refractivity contribution in [2.24, 2.45) is 0 Å². The summed E-state index contributed by atoms with van der Waals surface area (Å²) in [6, 6.07) is 7.67. The second-order valence-corrected chi connectivity index (χ2v) is 4.02. The van der Waals surface area contributed by atoms with Gasteiger partial charge in [0.1, 0.15) is 5.70 Å². The largest absolute Gasteiger partial charge is 0.425 e. The van der Waals surface area contributed by atoms with Crippen molar-refractivity contribution in [2.45, 2.75) is 13.2 Å². The molecule has 1 N–H and O–H groups in total. The van der Waals surface area contributed by atoms with Crippen molar-refractivity contribution in [3.63, 3.8) is 0 Å². The number of ether oxygens (including phenoxy) is 2. The van der Waals surface area contributed by atoms with Crippen LogP contribution in [0.3, 0.4) is 0 Å². The minimum absolute atomic E-state index is 0.0279. The molecule has 1 atom stereocenters. The number of anilines is 1. The molecule has 1 aromatic carbocycles. The molecule has 17 heavy (non-hydrogen) atoms. The van der Waals surface area contributed by atoms with Gasteiger partial charge >= 0.3 is 5.97 Å². The summed E-state index contributed by atoms with van der Waals surface area (Å²) in [4.78, 5) is 11.3. The SMILES string of the molecule is CO[C@@H]1OC(=O)C(Cl)=C1Nc1ccccc1C. The molecule has 1 aliphatic rings. The Morgan fingerprint density at radius 2 is 2.12 bits per heavy atom. The van der Waals surface area contributed by atoms with Crippen molar-refractivity contribution in [3.05, 3.63) is 40.6 Å². The van der Waals surface area contributed by atoms with Gasteiger partial charge in [0.05, 0.1) is 0 Å². The second kappa shape index (κ2) is 4.77. The summed E-state index contributed by atoms with van der Waals surface area (Å²) in [6.45, 7) is 1.95. The van der Waals surface area contributed by atoms with E-state index in [-0.39, 0.29) is 5.03 Å². The zero-order valence-electron chi connectivity index (χ0n) is 9.49. The Hall–Kier alpha value is -1.52. The number of para-hydroxylation sites is 1. The number of benzene rings is 1. The quantitative estimate of drug-likeness (QED) is 0.841. The molecule has 0 amide bonds. The summed E-state index contributed by atoms with van der Waals surface area (Å²) in [5.41, 5.74) is 2.34. The van der Waals surface area contributed by atoms with E-state index < -0.39 is 12.3 Å². The van der Waals surface area contributed by atoms with Crippen molar-refractivity contribution >= 4 is 23.3 Å².